The van der Waals surface area contributed by atoms with Gasteiger partial charge in [-0.2, -0.15) is 0 Å². The lowest BCUT2D eigenvalue weighted by Gasteiger charge is -2.08. The Balaban J connectivity index is 2.02. The van der Waals surface area contributed by atoms with E-state index in [-0.39, 0.29) is 0 Å². The molecular weight excluding hydrogens is 218 g/mol. The zero-order chi connectivity index (χ0) is 12.1. The highest BCUT2D eigenvalue weighted by Crippen LogP contribution is 2.26. The van der Waals surface area contributed by atoms with Crippen molar-refractivity contribution in [2.75, 3.05) is 12.8 Å². The Morgan fingerprint density at radius 2 is 2.00 bits per heavy atom. The van der Waals surface area contributed by atoms with Crippen LogP contribution in [0, 0.1) is 0 Å². The van der Waals surface area contributed by atoms with Gasteiger partial charge in [-0.3, -0.25) is 0 Å². The Kier molecular flexibility index (Phi) is 3.40. The standard InChI is InChI=1S/C12H13N3O2/c1-16-11-4-3-9(7-10(11)13)17-8-12-14-5-2-6-15-12/h2-7H,8,13H2,1H3. The van der Waals surface area contributed by atoms with Gasteiger partial charge in [0.15, 0.2) is 5.82 Å². The topological polar surface area (TPSA) is 70.3 Å². The second kappa shape index (κ2) is 5.16. The Morgan fingerprint density at radius 3 is 2.65 bits per heavy atom. The Morgan fingerprint density at radius 1 is 1.24 bits per heavy atom. The average Bonchev–Trinajstić information content (AvgIpc) is 2.38. The van der Waals surface area contributed by atoms with Crippen LogP contribution in [0.15, 0.2) is 36.7 Å². The van der Waals surface area contributed by atoms with Gasteiger partial charge in [0.05, 0.1) is 12.8 Å². The molecule has 0 aliphatic rings. The van der Waals surface area contributed by atoms with Gasteiger partial charge in [0.1, 0.15) is 18.1 Å². The predicted octanol–water partition coefficient (Wildman–Crippen LogP) is 1.65. The van der Waals surface area contributed by atoms with Gasteiger partial charge in [-0.1, -0.05) is 0 Å². The van der Waals surface area contributed by atoms with Crippen molar-refractivity contribution in [1.82, 2.24) is 9.97 Å². The molecule has 17 heavy (non-hydrogen) atoms. The number of anilines is 1. The van der Waals surface area contributed by atoms with Crippen molar-refractivity contribution in [3.8, 4) is 11.5 Å². The normalized spacial score (nSPS) is 9.94. The molecule has 0 spiro atoms. The Bertz CT molecular complexity index is 488. The number of methoxy groups -OCH3 is 1. The fourth-order valence-electron chi connectivity index (χ4n) is 1.35. The first-order chi connectivity index (χ1) is 8.29. The maximum Gasteiger partial charge on any atom is 0.166 e. The molecule has 0 atom stereocenters. The summed E-state index contributed by atoms with van der Waals surface area (Å²) in [4.78, 5) is 8.12. The molecule has 0 fully saturated rings. The number of aromatic nitrogens is 2. The maximum atomic E-state index is 5.76. The van der Waals surface area contributed by atoms with Gasteiger partial charge in [-0.15, -0.1) is 0 Å². The molecule has 2 N–H and O–H groups in total. The Hall–Kier alpha value is -2.30. The van der Waals surface area contributed by atoms with Gasteiger partial charge in [0.25, 0.3) is 0 Å². The summed E-state index contributed by atoms with van der Waals surface area (Å²) in [6, 6.07) is 7.02. The summed E-state index contributed by atoms with van der Waals surface area (Å²) < 4.78 is 10.6. The molecule has 88 valence electrons. The van der Waals surface area contributed by atoms with Crippen molar-refractivity contribution in [1.29, 1.82) is 0 Å². The molecule has 1 aromatic heterocycles. The van der Waals surface area contributed by atoms with Gasteiger partial charge in [-0.05, 0) is 18.2 Å². The minimum atomic E-state index is 0.312. The summed E-state index contributed by atoms with van der Waals surface area (Å²) in [7, 11) is 1.57. The highest BCUT2D eigenvalue weighted by Gasteiger charge is 2.02. The fourth-order valence-corrected chi connectivity index (χ4v) is 1.35. The largest absolute Gasteiger partial charge is 0.495 e. The van der Waals surface area contributed by atoms with Crippen LogP contribution >= 0.6 is 0 Å². The Labute approximate surface area is 99.2 Å². The second-order valence-electron chi connectivity index (χ2n) is 3.36. The molecule has 0 aliphatic heterocycles. The summed E-state index contributed by atoms with van der Waals surface area (Å²) in [6.07, 6.45) is 3.35. The molecule has 0 saturated carbocycles. The van der Waals surface area contributed by atoms with Crippen LogP contribution in [0.25, 0.3) is 0 Å². The minimum Gasteiger partial charge on any atom is -0.495 e. The third-order valence-corrected chi connectivity index (χ3v) is 2.19. The van der Waals surface area contributed by atoms with Crippen molar-refractivity contribution in [2.45, 2.75) is 6.61 Å². The summed E-state index contributed by atoms with van der Waals surface area (Å²) in [5, 5.41) is 0. The molecule has 0 radical (unpaired) electrons. The van der Waals surface area contributed by atoms with Crippen LogP contribution in [-0.2, 0) is 6.61 Å². The first-order valence-electron chi connectivity index (χ1n) is 5.12. The van der Waals surface area contributed by atoms with Crippen LogP contribution in [0.2, 0.25) is 0 Å². The second-order valence-corrected chi connectivity index (χ2v) is 3.36. The zero-order valence-corrected chi connectivity index (χ0v) is 9.46. The van der Waals surface area contributed by atoms with E-state index in [4.69, 9.17) is 15.2 Å². The molecule has 2 rings (SSSR count). The van der Waals surface area contributed by atoms with Crippen LogP contribution in [0.5, 0.6) is 11.5 Å². The van der Waals surface area contributed by atoms with Gasteiger partial charge < -0.3 is 15.2 Å². The molecule has 5 nitrogen and oxygen atoms in total. The van der Waals surface area contributed by atoms with Crippen LogP contribution in [0.3, 0.4) is 0 Å². The molecule has 0 bridgehead atoms. The predicted molar refractivity (Wildman–Crippen MR) is 63.8 cm³/mol. The minimum absolute atomic E-state index is 0.312. The lowest BCUT2D eigenvalue weighted by molar-refractivity contribution is 0.295. The van der Waals surface area contributed by atoms with E-state index in [1.807, 2.05) is 0 Å². The van der Waals surface area contributed by atoms with E-state index in [1.54, 1.807) is 43.8 Å². The third kappa shape index (κ3) is 2.84. The molecule has 1 aromatic carbocycles. The lowest BCUT2D eigenvalue weighted by atomic mass is 10.3. The average molecular weight is 231 g/mol. The first-order valence-corrected chi connectivity index (χ1v) is 5.12. The number of hydrogen-bond acceptors (Lipinski definition) is 5. The van der Waals surface area contributed by atoms with Crippen LogP contribution in [0.4, 0.5) is 5.69 Å². The summed E-state index contributed by atoms with van der Waals surface area (Å²) in [5.74, 6) is 1.92. The van der Waals surface area contributed by atoms with Gasteiger partial charge in [0.2, 0.25) is 0 Å². The molecule has 0 unspecified atom stereocenters. The highest BCUT2D eigenvalue weighted by atomic mass is 16.5. The smallest absolute Gasteiger partial charge is 0.166 e. The number of nitrogens with zero attached hydrogens (tertiary/aromatic N) is 2. The quantitative estimate of drug-likeness (QED) is 0.810. The highest BCUT2D eigenvalue weighted by molar-refractivity contribution is 5.56. The van der Waals surface area contributed by atoms with E-state index in [2.05, 4.69) is 9.97 Å². The van der Waals surface area contributed by atoms with E-state index in [1.165, 1.54) is 0 Å². The SMILES string of the molecule is COc1ccc(OCc2ncccn2)cc1N. The number of nitrogens with two attached hydrogens (primary N) is 1. The van der Waals surface area contributed by atoms with Crippen LogP contribution < -0.4 is 15.2 Å². The summed E-state index contributed by atoms with van der Waals surface area (Å²) >= 11 is 0. The molecular formula is C12H13N3O2. The number of rotatable bonds is 4. The van der Waals surface area contributed by atoms with Gasteiger partial charge in [-0.25, -0.2) is 9.97 Å². The molecule has 2 aromatic rings. The number of ether oxygens (including phenoxy) is 2. The summed E-state index contributed by atoms with van der Waals surface area (Å²) in [6.45, 7) is 0.312. The monoisotopic (exact) mass is 231 g/mol. The maximum absolute atomic E-state index is 5.76. The van der Waals surface area contributed by atoms with E-state index in [9.17, 15) is 0 Å². The van der Waals surface area contributed by atoms with Crippen LogP contribution in [0.1, 0.15) is 5.82 Å². The van der Waals surface area contributed by atoms with Gasteiger partial charge in [0, 0.05) is 18.5 Å². The van der Waals surface area contributed by atoms with E-state index in [0.29, 0.717) is 29.6 Å². The van der Waals surface area contributed by atoms with Crippen molar-refractivity contribution in [3.63, 3.8) is 0 Å². The number of nitrogen functional groups attached to an aromatic ring is 1. The molecule has 1 heterocycles. The molecule has 0 amide bonds. The van der Waals surface area contributed by atoms with E-state index in [0.717, 1.165) is 0 Å². The van der Waals surface area contributed by atoms with Crippen molar-refractivity contribution in [3.05, 3.63) is 42.5 Å². The molecule has 5 heteroatoms. The number of hydrogen-bond donors (Lipinski definition) is 1. The fraction of sp³-hybridized carbons (Fsp3) is 0.167. The van der Waals surface area contributed by atoms with Crippen LogP contribution in [-0.4, -0.2) is 17.1 Å². The van der Waals surface area contributed by atoms with E-state index >= 15 is 0 Å². The molecule has 0 saturated heterocycles. The van der Waals surface area contributed by atoms with Crippen molar-refractivity contribution in [2.24, 2.45) is 0 Å². The third-order valence-electron chi connectivity index (χ3n) is 2.19. The van der Waals surface area contributed by atoms with Crippen molar-refractivity contribution < 1.29 is 9.47 Å². The molecule has 0 aliphatic carbocycles. The van der Waals surface area contributed by atoms with E-state index < -0.39 is 0 Å². The summed E-state index contributed by atoms with van der Waals surface area (Å²) in [5.41, 5.74) is 6.31. The zero-order valence-electron chi connectivity index (χ0n) is 9.46. The van der Waals surface area contributed by atoms with Crippen molar-refractivity contribution >= 4 is 5.69 Å². The first kappa shape index (κ1) is 11.2. The number of benzene rings is 1. The lowest BCUT2D eigenvalue weighted by Crippen LogP contribution is -2.01. The van der Waals surface area contributed by atoms with Gasteiger partial charge >= 0.3 is 0 Å².